The zero-order chi connectivity index (χ0) is 10.3. The number of ether oxygens (including phenoxy) is 1. The molecule has 1 aliphatic heterocycles. The van der Waals surface area contributed by atoms with Crippen LogP contribution in [-0.4, -0.2) is 20.0 Å². The van der Waals surface area contributed by atoms with Crippen molar-refractivity contribution in [2.45, 2.75) is 12.8 Å². The Morgan fingerprint density at radius 3 is 2.79 bits per heavy atom. The molecule has 0 saturated heterocycles. The summed E-state index contributed by atoms with van der Waals surface area (Å²) in [4.78, 5) is 1.91. The van der Waals surface area contributed by atoms with Crippen molar-refractivity contribution in [3.05, 3.63) is 23.8 Å². The first-order valence-corrected chi connectivity index (χ1v) is 4.65. The van der Waals surface area contributed by atoms with Gasteiger partial charge in [-0.05, 0) is 11.6 Å². The number of amidine groups is 1. The van der Waals surface area contributed by atoms with E-state index in [2.05, 4.69) is 6.92 Å². The number of nitrogens with one attached hydrogen (secondary N) is 1. The summed E-state index contributed by atoms with van der Waals surface area (Å²) in [5.41, 5.74) is 2.29. The van der Waals surface area contributed by atoms with Gasteiger partial charge >= 0.3 is 0 Å². The van der Waals surface area contributed by atoms with Crippen molar-refractivity contribution < 1.29 is 4.74 Å². The molecule has 0 radical (unpaired) electrons. The molecule has 0 saturated carbocycles. The summed E-state index contributed by atoms with van der Waals surface area (Å²) in [6, 6.07) is 5.96. The Bertz CT molecular complexity index is 387. The minimum Gasteiger partial charge on any atom is -0.497 e. The largest absolute Gasteiger partial charge is 0.497 e. The molecule has 2 rings (SSSR count). The molecule has 1 aliphatic rings. The maximum absolute atomic E-state index is 7.86. The van der Waals surface area contributed by atoms with Crippen molar-refractivity contribution in [3.8, 4) is 5.75 Å². The van der Waals surface area contributed by atoms with Gasteiger partial charge in [0.05, 0.1) is 7.11 Å². The van der Waals surface area contributed by atoms with Crippen molar-refractivity contribution in [3.63, 3.8) is 0 Å². The van der Waals surface area contributed by atoms with Gasteiger partial charge in [-0.3, -0.25) is 5.41 Å². The van der Waals surface area contributed by atoms with Crippen LogP contribution >= 0.6 is 0 Å². The smallest absolute Gasteiger partial charge is 0.120 e. The molecule has 0 amide bonds. The summed E-state index contributed by atoms with van der Waals surface area (Å²) >= 11 is 0. The van der Waals surface area contributed by atoms with Crippen LogP contribution in [-0.2, 0) is 0 Å². The molecule has 0 fully saturated rings. The van der Waals surface area contributed by atoms with E-state index in [0.29, 0.717) is 5.84 Å². The topological polar surface area (TPSA) is 36.3 Å². The van der Waals surface area contributed by atoms with Gasteiger partial charge in [0.15, 0.2) is 0 Å². The van der Waals surface area contributed by atoms with Crippen LogP contribution in [0.3, 0.4) is 0 Å². The summed E-state index contributed by atoms with van der Waals surface area (Å²) < 4.78 is 5.16. The fourth-order valence-corrected chi connectivity index (χ4v) is 1.87. The Labute approximate surface area is 83.8 Å². The first-order chi connectivity index (χ1) is 6.65. The zero-order valence-corrected chi connectivity index (χ0v) is 8.66. The maximum atomic E-state index is 7.86. The Hall–Kier alpha value is -1.51. The highest BCUT2D eigenvalue weighted by Gasteiger charge is 2.28. The molecule has 0 aliphatic carbocycles. The van der Waals surface area contributed by atoms with Gasteiger partial charge in [0.2, 0.25) is 0 Å². The van der Waals surface area contributed by atoms with Crippen LogP contribution in [0.1, 0.15) is 18.4 Å². The third-order valence-corrected chi connectivity index (χ3v) is 2.84. The second kappa shape index (κ2) is 3.01. The van der Waals surface area contributed by atoms with Gasteiger partial charge in [-0.15, -0.1) is 0 Å². The molecule has 74 valence electrons. The van der Waals surface area contributed by atoms with Gasteiger partial charge in [0, 0.05) is 24.7 Å². The summed E-state index contributed by atoms with van der Waals surface area (Å²) in [5.74, 6) is 1.69. The molecule has 1 N–H and O–H groups in total. The molecule has 3 nitrogen and oxygen atoms in total. The zero-order valence-electron chi connectivity index (χ0n) is 8.66. The number of rotatable bonds is 1. The van der Waals surface area contributed by atoms with Crippen LogP contribution in [0.2, 0.25) is 0 Å². The Morgan fingerprint density at radius 2 is 2.14 bits per heavy atom. The monoisotopic (exact) mass is 190 g/mol. The molecule has 3 heteroatoms. The van der Waals surface area contributed by atoms with Gasteiger partial charge in [0.25, 0.3) is 0 Å². The molecule has 1 heterocycles. The third kappa shape index (κ3) is 1.09. The summed E-state index contributed by atoms with van der Waals surface area (Å²) in [6.45, 7) is 2.05. The van der Waals surface area contributed by atoms with Crippen molar-refractivity contribution in [1.29, 1.82) is 5.41 Å². The minimum atomic E-state index is 0.195. The van der Waals surface area contributed by atoms with Crippen LogP contribution in [0.4, 0.5) is 5.69 Å². The molecule has 1 aromatic carbocycles. The number of benzene rings is 1. The number of hydrogen-bond donors (Lipinski definition) is 1. The van der Waals surface area contributed by atoms with Gasteiger partial charge < -0.3 is 9.64 Å². The third-order valence-electron chi connectivity index (χ3n) is 2.84. The normalized spacial score (nSPS) is 19.8. The van der Waals surface area contributed by atoms with Crippen LogP contribution in [0.25, 0.3) is 0 Å². The lowest BCUT2D eigenvalue weighted by atomic mass is 10.0. The number of nitrogens with zero attached hydrogens (tertiary/aromatic N) is 1. The van der Waals surface area contributed by atoms with E-state index in [4.69, 9.17) is 10.1 Å². The van der Waals surface area contributed by atoms with E-state index >= 15 is 0 Å². The lowest BCUT2D eigenvalue weighted by molar-refractivity contribution is 0.415. The summed E-state index contributed by atoms with van der Waals surface area (Å²) in [6.07, 6.45) is 0. The number of methoxy groups -OCH3 is 1. The van der Waals surface area contributed by atoms with Crippen molar-refractivity contribution >= 4 is 11.5 Å². The molecule has 0 bridgehead atoms. The number of likely N-dealkylation sites (N-methyl/N-ethyl adjacent to an activating group) is 1. The second-order valence-electron chi connectivity index (χ2n) is 3.59. The highest BCUT2D eigenvalue weighted by molar-refractivity contribution is 6.06. The molecular weight excluding hydrogens is 176 g/mol. The first kappa shape index (κ1) is 9.06. The van der Waals surface area contributed by atoms with E-state index in [-0.39, 0.29) is 5.92 Å². The molecular formula is C11H14N2O. The SMILES string of the molecule is COc1ccc2c(c1)N(C)C(=N)C2C. The standard InChI is InChI=1S/C11H14N2O/c1-7-9-5-4-8(14-3)6-10(9)13(2)11(7)12/h4-7,12H,1-3H3. The Morgan fingerprint density at radius 1 is 1.43 bits per heavy atom. The highest BCUT2D eigenvalue weighted by Crippen LogP contribution is 2.38. The van der Waals surface area contributed by atoms with Gasteiger partial charge in [-0.2, -0.15) is 0 Å². The molecule has 0 aromatic heterocycles. The predicted molar refractivity (Wildman–Crippen MR) is 57.5 cm³/mol. The van der Waals surface area contributed by atoms with E-state index in [0.717, 1.165) is 11.4 Å². The van der Waals surface area contributed by atoms with E-state index in [9.17, 15) is 0 Å². The lowest BCUT2D eigenvalue weighted by Crippen LogP contribution is -2.21. The number of hydrogen-bond acceptors (Lipinski definition) is 2. The molecule has 1 atom stereocenters. The van der Waals surface area contributed by atoms with Crippen LogP contribution in [0.15, 0.2) is 18.2 Å². The number of fused-ring (bicyclic) bond motifs is 1. The van der Waals surface area contributed by atoms with Crippen molar-refractivity contribution in [1.82, 2.24) is 0 Å². The molecule has 14 heavy (non-hydrogen) atoms. The average molecular weight is 190 g/mol. The molecule has 1 aromatic rings. The lowest BCUT2D eigenvalue weighted by Gasteiger charge is -2.12. The van der Waals surface area contributed by atoms with Crippen LogP contribution < -0.4 is 9.64 Å². The van der Waals surface area contributed by atoms with Crippen LogP contribution in [0, 0.1) is 5.41 Å². The van der Waals surface area contributed by atoms with Gasteiger partial charge in [-0.25, -0.2) is 0 Å². The average Bonchev–Trinajstić information content (AvgIpc) is 2.44. The quantitative estimate of drug-likeness (QED) is 0.737. The fourth-order valence-electron chi connectivity index (χ4n) is 1.87. The van der Waals surface area contributed by atoms with E-state index in [1.165, 1.54) is 5.56 Å². The fraction of sp³-hybridized carbons (Fsp3) is 0.364. The molecule has 0 spiro atoms. The van der Waals surface area contributed by atoms with Crippen LogP contribution in [0.5, 0.6) is 5.75 Å². The first-order valence-electron chi connectivity index (χ1n) is 4.65. The van der Waals surface area contributed by atoms with Crippen molar-refractivity contribution in [2.24, 2.45) is 0 Å². The van der Waals surface area contributed by atoms with E-state index in [1.807, 2.05) is 30.1 Å². The van der Waals surface area contributed by atoms with Crippen molar-refractivity contribution in [2.75, 3.05) is 19.1 Å². The van der Waals surface area contributed by atoms with E-state index in [1.54, 1.807) is 7.11 Å². The maximum Gasteiger partial charge on any atom is 0.120 e. The molecule has 1 unspecified atom stereocenters. The van der Waals surface area contributed by atoms with Gasteiger partial charge in [0.1, 0.15) is 11.6 Å². The predicted octanol–water partition coefficient (Wildman–Crippen LogP) is 2.23. The van der Waals surface area contributed by atoms with Gasteiger partial charge in [-0.1, -0.05) is 13.0 Å². The van der Waals surface area contributed by atoms with E-state index < -0.39 is 0 Å². The summed E-state index contributed by atoms with van der Waals surface area (Å²) in [5, 5.41) is 7.86. The Kier molecular flexibility index (Phi) is 1.95. The minimum absolute atomic E-state index is 0.195. The second-order valence-corrected chi connectivity index (χ2v) is 3.59. The summed E-state index contributed by atoms with van der Waals surface area (Å²) in [7, 11) is 3.58. The highest BCUT2D eigenvalue weighted by atomic mass is 16.5. The number of anilines is 1. The Balaban J connectivity index is 2.53.